The minimum Gasteiger partial charge on any atom is -0.369 e. The molecule has 0 heterocycles. The third-order valence-corrected chi connectivity index (χ3v) is 3.69. The van der Waals surface area contributed by atoms with E-state index in [1.54, 1.807) is 0 Å². The molecule has 0 spiro atoms. The molecule has 2 rings (SSSR count). The minimum atomic E-state index is 0.488. The van der Waals surface area contributed by atoms with Gasteiger partial charge in [-0.05, 0) is 30.2 Å². The quantitative estimate of drug-likeness (QED) is 0.715. The second kappa shape index (κ2) is 6.31. The van der Waals surface area contributed by atoms with Gasteiger partial charge in [0.15, 0.2) is 0 Å². The molecule has 19 heavy (non-hydrogen) atoms. The molecule has 0 aliphatic heterocycles. The fourth-order valence-corrected chi connectivity index (χ4v) is 2.63. The number of nitrogens with zero attached hydrogens (tertiary/aromatic N) is 1. The number of hydrogen-bond donors (Lipinski definition) is 0. The second-order valence-electron chi connectivity index (χ2n) is 4.76. The second-order valence-corrected chi connectivity index (χ2v) is 5.44. The third kappa shape index (κ3) is 3.65. The molecule has 1 nitrogen and oxygen atoms in total. The smallest absolute Gasteiger partial charge is 0.0642 e. The molecule has 0 aliphatic carbocycles. The Kier molecular flexibility index (Phi) is 4.73. The van der Waals surface area contributed by atoms with Crippen molar-refractivity contribution in [3.05, 3.63) is 64.2 Å². The molecule has 0 saturated heterocycles. The molecule has 0 N–H and O–H groups in total. The standard InChI is InChI=1S/C16H17Cl2N/c1-12-4-3-5-14(8-12)11-19(2)16-7-6-13(10-17)9-15(16)18/h3-9H,10-11H2,1-2H3. The number of anilines is 1. The molecule has 2 aromatic rings. The predicted molar refractivity (Wildman–Crippen MR) is 84.3 cm³/mol. The number of alkyl halides is 1. The lowest BCUT2D eigenvalue weighted by atomic mass is 10.1. The molecule has 0 aliphatic rings. The van der Waals surface area contributed by atoms with Gasteiger partial charge in [0.05, 0.1) is 10.7 Å². The summed E-state index contributed by atoms with van der Waals surface area (Å²) < 4.78 is 0. The van der Waals surface area contributed by atoms with Crippen molar-refractivity contribution < 1.29 is 0 Å². The highest BCUT2D eigenvalue weighted by molar-refractivity contribution is 6.33. The van der Waals surface area contributed by atoms with Crippen LogP contribution in [0.15, 0.2) is 42.5 Å². The maximum absolute atomic E-state index is 6.30. The van der Waals surface area contributed by atoms with Crippen molar-refractivity contribution in [3.8, 4) is 0 Å². The maximum atomic E-state index is 6.30. The van der Waals surface area contributed by atoms with Crippen LogP contribution >= 0.6 is 23.2 Å². The Morgan fingerprint density at radius 1 is 1.05 bits per heavy atom. The van der Waals surface area contributed by atoms with Gasteiger partial charge in [-0.2, -0.15) is 0 Å². The van der Waals surface area contributed by atoms with Gasteiger partial charge in [0.2, 0.25) is 0 Å². The minimum absolute atomic E-state index is 0.488. The molecule has 0 atom stereocenters. The Morgan fingerprint density at radius 2 is 1.84 bits per heavy atom. The first-order valence-corrected chi connectivity index (χ1v) is 7.12. The van der Waals surface area contributed by atoms with E-state index in [2.05, 4.69) is 36.1 Å². The molecule has 3 heteroatoms. The van der Waals surface area contributed by atoms with Gasteiger partial charge >= 0.3 is 0 Å². The summed E-state index contributed by atoms with van der Waals surface area (Å²) in [6, 6.07) is 14.5. The van der Waals surface area contributed by atoms with E-state index in [1.165, 1.54) is 11.1 Å². The highest BCUT2D eigenvalue weighted by Crippen LogP contribution is 2.27. The average molecular weight is 294 g/mol. The zero-order valence-electron chi connectivity index (χ0n) is 11.2. The molecule has 0 bridgehead atoms. The van der Waals surface area contributed by atoms with Gasteiger partial charge in [0.25, 0.3) is 0 Å². The van der Waals surface area contributed by atoms with Crippen LogP contribution in [0.3, 0.4) is 0 Å². The molecule has 0 aromatic heterocycles. The molecule has 0 saturated carbocycles. The number of rotatable bonds is 4. The van der Waals surface area contributed by atoms with Crippen molar-refractivity contribution in [1.29, 1.82) is 0 Å². The van der Waals surface area contributed by atoms with Crippen LogP contribution in [0.4, 0.5) is 5.69 Å². The summed E-state index contributed by atoms with van der Waals surface area (Å²) in [6.07, 6.45) is 0. The molecular formula is C16H17Cl2N. The monoisotopic (exact) mass is 293 g/mol. The Morgan fingerprint density at radius 3 is 2.47 bits per heavy atom. The van der Waals surface area contributed by atoms with Crippen molar-refractivity contribution in [2.45, 2.75) is 19.3 Å². The normalized spacial score (nSPS) is 10.5. The zero-order chi connectivity index (χ0) is 13.8. The Balaban J connectivity index is 2.18. The first-order chi connectivity index (χ1) is 9.10. The summed E-state index contributed by atoms with van der Waals surface area (Å²) in [4.78, 5) is 2.15. The predicted octanol–water partition coefficient (Wildman–Crippen LogP) is 5.02. The Labute approximate surface area is 124 Å². The largest absolute Gasteiger partial charge is 0.369 e. The van der Waals surface area contributed by atoms with E-state index >= 15 is 0 Å². The number of halogens is 2. The van der Waals surface area contributed by atoms with Gasteiger partial charge in [-0.3, -0.25) is 0 Å². The topological polar surface area (TPSA) is 3.24 Å². The van der Waals surface area contributed by atoms with Crippen molar-refractivity contribution in [2.24, 2.45) is 0 Å². The van der Waals surface area contributed by atoms with Crippen LogP contribution in [-0.2, 0) is 12.4 Å². The number of benzene rings is 2. The average Bonchev–Trinajstić information content (AvgIpc) is 2.38. The SMILES string of the molecule is Cc1cccc(CN(C)c2ccc(CCl)cc2Cl)c1. The fourth-order valence-electron chi connectivity index (χ4n) is 2.11. The summed E-state index contributed by atoms with van der Waals surface area (Å²) in [6.45, 7) is 2.94. The van der Waals surface area contributed by atoms with E-state index in [9.17, 15) is 0 Å². The molecule has 2 aromatic carbocycles. The van der Waals surface area contributed by atoms with Crippen LogP contribution < -0.4 is 4.90 Å². The molecule has 0 amide bonds. The zero-order valence-corrected chi connectivity index (χ0v) is 12.7. The van der Waals surface area contributed by atoms with Crippen molar-refractivity contribution in [3.63, 3.8) is 0 Å². The number of hydrogen-bond acceptors (Lipinski definition) is 1. The fraction of sp³-hybridized carbons (Fsp3) is 0.250. The van der Waals surface area contributed by atoms with E-state index in [0.29, 0.717) is 5.88 Å². The van der Waals surface area contributed by atoms with E-state index in [4.69, 9.17) is 23.2 Å². The summed E-state index contributed by atoms with van der Waals surface area (Å²) in [5, 5.41) is 0.744. The van der Waals surface area contributed by atoms with Gasteiger partial charge in [-0.1, -0.05) is 47.5 Å². The van der Waals surface area contributed by atoms with Crippen molar-refractivity contribution in [1.82, 2.24) is 0 Å². The van der Waals surface area contributed by atoms with E-state index in [1.807, 2.05) is 25.2 Å². The first kappa shape index (κ1) is 14.2. The van der Waals surface area contributed by atoms with Crippen molar-refractivity contribution >= 4 is 28.9 Å². The van der Waals surface area contributed by atoms with Gasteiger partial charge in [0, 0.05) is 19.5 Å². The van der Waals surface area contributed by atoms with Crippen LogP contribution in [0.5, 0.6) is 0 Å². The van der Waals surface area contributed by atoms with Crippen LogP contribution in [0.25, 0.3) is 0 Å². The molecule has 0 radical (unpaired) electrons. The molecule has 100 valence electrons. The van der Waals surface area contributed by atoms with Gasteiger partial charge in [-0.15, -0.1) is 11.6 Å². The number of aryl methyl sites for hydroxylation is 1. The summed E-state index contributed by atoms with van der Waals surface area (Å²) >= 11 is 12.1. The lowest BCUT2D eigenvalue weighted by Gasteiger charge is -2.21. The van der Waals surface area contributed by atoms with Crippen molar-refractivity contribution in [2.75, 3.05) is 11.9 Å². The first-order valence-electron chi connectivity index (χ1n) is 6.21. The molecular weight excluding hydrogens is 277 g/mol. The van der Waals surface area contributed by atoms with Crippen LogP contribution in [-0.4, -0.2) is 7.05 Å². The maximum Gasteiger partial charge on any atom is 0.0642 e. The Bertz CT molecular complexity index is 566. The van der Waals surface area contributed by atoms with E-state index in [-0.39, 0.29) is 0 Å². The van der Waals surface area contributed by atoms with Crippen LogP contribution in [0, 0.1) is 6.92 Å². The van der Waals surface area contributed by atoms with Gasteiger partial charge in [0.1, 0.15) is 0 Å². The van der Waals surface area contributed by atoms with Crippen LogP contribution in [0.1, 0.15) is 16.7 Å². The lowest BCUT2D eigenvalue weighted by Crippen LogP contribution is -2.16. The molecule has 0 unspecified atom stereocenters. The van der Waals surface area contributed by atoms with E-state index < -0.39 is 0 Å². The summed E-state index contributed by atoms with van der Waals surface area (Å²) in [5.41, 5.74) is 4.62. The van der Waals surface area contributed by atoms with E-state index in [0.717, 1.165) is 22.8 Å². The van der Waals surface area contributed by atoms with Gasteiger partial charge in [-0.25, -0.2) is 0 Å². The summed E-state index contributed by atoms with van der Waals surface area (Å²) in [5.74, 6) is 0.488. The Hall–Kier alpha value is -1.18. The highest BCUT2D eigenvalue weighted by Gasteiger charge is 2.07. The highest BCUT2D eigenvalue weighted by atomic mass is 35.5. The van der Waals surface area contributed by atoms with Crippen LogP contribution in [0.2, 0.25) is 5.02 Å². The van der Waals surface area contributed by atoms with Gasteiger partial charge < -0.3 is 4.90 Å². The summed E-state index contributed by atoms with van der Waals surface area (Å²) in [7, 11) is 2.05. The third-order valence-electron chi connectivity index (χ3n) is 3.08. The molecule has 0 fully saturated rings. The lowest BCUT2D eigenvalue weighted by molar-refractivity contribution is 0.921.